The van der Waals surface area contributed by atoms with Crippen molar-refractivity contribution < 1.29 is 0 Å². The molecule has 0 atom stereocenters. The van der Waals surface area contributed by atoms with Gasteiger partial charge in [-0.3, -0.25) is 4.98 Å². The maximum absolute atomic E-state index is 4.41. The molecule has 0 amide bonds. The molecule has 0 aliphatic heterocycles. The second kappa shape index (κ2) is 5.32. The van der Waals surface area contributed by atoms with Gasteiger partial charge in [0.25, 0.3) is 0 Å². The molecule has 3 nitrogen and oxygen atoms in total. The fourth-order valence-electron chi connectivity index (χ4n) is 1.25. The third-order valence-electron chi connectivity index (χ3n) is 2.05. The molecule has 2 rings (SSSR count). The first kappa shape index (κ1) is 11.4. The molecular weight excluding hydrogens is 238 g/mol. The second-order valence-corrected chi connectivity index (χ2v) is 5.41. The van der Waals surface area contributed by atoms with E-state index in [2.05, 4.69) is 26.7 Å². The van der Waals surface area contributed by atoms with Gasteiger partial charge in [-0.15, -0.1) is 11.3 Å². The standard InChI is InChI=1S/C11H13N3S2/c1-8-6-15-11(14-8)16-7-10-5-9(12-2)3-4-13-10/h3-6H,7H2,1-2H3,(H,12,13). The lowest BCUT2D eigenvalue weighted by Crippen LogP contribution is -1.92. The largest absolute Gasteiger partial charge is 0.388 e. The van der Waals surface area contributed by atoms with Crippen molar-refractivity contribution in [1.29, 1.82) is 0 Å². The molecular formula is C11H13N3S2. The topological polar surface area (TPSA) is 37.8 Å². The minimum atomic E-state index is 0.864. The predicted molar refractivity (Wildman–Crippen MR) is 70.2 cm³/mol. The number of nitrogens with zero attached hydrogens (tertiary/aromatic N) is 2. The van der Waals surface area contributed by atoms with Crippen molar-refractivity contribution in [2.75, 3.05) is 12.4 Å². The Hall–Kier alpha value is -1.07. The van der Waals surface area contributed by atoms with E-state index in [4.69, 9.17) is 0 Å². The molecule has 0 saturated heterocycles. The highest BCUT2D eigenvalue weighted by Gasteiger charge is 2.01. The van der Waals surface area contributed by atoms with Crippen molar-refractivity contribution in [3.8, 4) is 0 Å². The van der Waals surface area contributed by atoms with Gasteiger partial charge in [-0.25, -0.2) is 4.98 Å². The van der Waals surface area contributed by atoms with E-state index in [1.165, 1.54) is 0 Å². The van der Waals surface area contributed by atoms with Crippen LogP contribution in [0, 0.1) is 6.92 Å². The van der Waals surface area contributed by atoms with Crippen molar-refractivity contribution in [3.63, 3.8) is 0 Å². The lowest BCUT2D eigenvalue weighted by Gasteiger charge is -2.02. The normalized spacial score (nSPS) is 10.4. The molecule has 0 spiro atoms. The number of aromatic nitrogens is 2. The van der Waals surface area contributed by atoms with Crippen molar-refractivity contribution in [2.45, 2.75) is 17.0 Å². The summed E-state index contributed by atoms with van der Waals surface area (Å²) in [5, 5.41) is 5.18. The van der Waals surface area contributed by atoms with Crippen LogP contribution in [0.4, 0.5) is 5.69 Å². The van der Waals surface area contributed by atoms with Gasteiger partial charge in [-0.2, -0.15) is 0 Å². The number of thioether (sulfide) groups is 1. The summed E-state index contributed by atoms with van der Waals surface area (Å²) in [6.07, 6.45) is 1.83. The van der Waals surface area contributed by atoms with Crippen LogP contribution in [0.2, 0.25) is 0 Å². The fourth-order valence-corrected chi connectivity index (χ4v) is 3.00. The Bertz CT molecular complexity index is 468. The highest BCUT2D eigenvalue weighted by Crippen LogP contribution is 2.25. The minimum Gasteiger partial charge on any atom is -0.388 e. The third-order valence-corrected chi connectivity index (χ3v) is 4.22. The number of pyridine rings is 1. The lowest BCUT2D eigenvalue weighted by molar-refractivity contribution is 1.14. The van der Waals surface area contributed by atoms with E-state index in [1.807, 2.05) is 26.2 Å². The Kier molecular flexibility index (Phi) is 3.79. The van der Waals surface area contributed by atoms with Gasteiger partial charge >= 0.3 is 0 Å². The van der Waals surface area contributed by atoms with Crippen molar-refractivity contribution >= 4 is 28.8 Å². The van der Waals surface area contributed by atoms with Crippen LogP contribution >= 0.6 is 23.1 Å². The van der Waals surface area contributed by atoms with Crippen LogP contribution in [0.15, 0.2) is 28.0 Å². The fraction of sp³-hybridized carbons (Fsp3) is 0.273. The minimum absolute atomic E-state index is 0.864. The van der Waals surface area contributed by atoms with E-state index in [9.17, 15) is 0 Å². The molecule has 84 valence electrons. The zero-order valence-electron chi connectivity index (χ0n) is 9.23. The number of anilines is 1. The zero-order chi connectivity index (χ0) is 11.4. The Morgan fingerprint density at radius 3 is 3.06 bits per heavy atom. The first-order valence-corrected chi connectivity index (χ1v) is 6.82. The summed E-state index contributed by atoms with van der Waals surface area (Å²) >= 11 is 3.42. The molecule has 5 heteroatoms. The molecule has 2 aromatic rings. The molecule has 16 heavy (non-hydrogen) atoms. The highest BCUT2D eigenvalue weighted by molar-refractivity contribution is 8.00. The van der Waals surface area contributed by atoms with E-state index in [1.54, 1.807) is 23.1 Å². The van der Waals surface area contributed by atoms with Gasteiger partial charge in [0.15, 0.2) is 0 Å². The maximum Gasteiger partial charge on any atom is 0.150 e. The van der Waals surface area contributed by atoms with Gasteiger partial charge < -0.3 is 5.32 Å². The van der Waals surface area contributed by atoms with Crippen LogP contribution in [0.1, 0.15) is 11.4 Å². The van der Waals surface area contributed by atoms with Gasteiger partial charge in [0.1, 0.15) is 4.34 Å². The Morgan fingerprint density at radius 1 is 1.50 bits per heavy atom. The number of rotatable bonds is 4. The Balaban J connectivity index is 1.99. The molecule has 0 aliphatic carbocycles. The number of hydrogen-bond acceptors (Lipinski definition) is 5. The number of hydrogen-bond donors (Lipinski definition) is 1. The summed E-state index contributed by atoms with van der Waals surface area (Å²) in [5.74, 6) is 0.864. The highest BCUT2D eigenvalue weighted by atomic mass is 32.2. The number of aryl methyl sites for hydroxylation is 1. The van der Waals surface area contributed by atoms with Gasteiger partial charge in [0, 0.05) is 35.8 Å². The molecule has 0 aromatic carbocycles. The average Bonchev–Trinajstić information content (AvgIpc) is 2.73. The summed E-state index contributed by atoms with van der Waals surface area (Å²) < 4.78 is 1.11. The summed E-state index contributed by atoms with van der Waals surface area (Å²) in [5.41, 5.74) is 3.26. The zero-order valence-corrected chi connectivity index (χ0v) is 10.9. The summed E-state index contributed by atoms with van der Waals surface area (Å²) in [6.45, 7) is 2.01. The molecule has 0 bridgehead atoms. The average molecular weight is 251 g/mol. The summed E-state index contributed by atoms with van der Waals surface area (Å²) in [7, 11) is 1.91. The predicted octanol–water partition coefficient (Wildman–Crippen LogP) is 3.18. The van der Waals surface area contributed by atoms with E-state index in [-0.39, 0.29) is 0 Å². The van der Waals surface area contributed by atoms with Gasteiger partial charge in [-0.05, 0) is 19.1 Å². The molecule has 2 aromatic heterocycles. The van der Waals surface area contributed by atoms with Crippen LogP contribution in [0.3, 0.4) is 0 Å². The smallest absolute Gasteiger partial charge is 0.150 e. The molecule has 1 N–H and O–H groups in total. The summed E-state index contributed by atoms with van der Waals surface area (Å²) in [6, 6.07) is 4.02. The van der Waals surface area contributed by atoms with Crippen molar-refractivity contribution in [1.82, 2.24) is 9.97 Å². The molecule has 0 radical (unpaired) electrons. The first-order valence-electron chi connectivity index (χ1n) is 4.95. The van der Waals surface area contributed by atoms with Crippen molar-refractivity contribution in [3.05, 3.63) is 35.1 Å². The van der Waals surface area contributed by atoms with Gasteiger partial charge in [0.2, 0.25) is 0 Å². The molecule has 0 aliphatic rings. The SMILES string of the molecule is CNc1ccnc(CSc2nc(C)cs2)c1. The molecule has 0 unspecified atom stereocenters. The monoisotopic (exact) mass is 251 g/mol. The summed E-state index contributed by atoms with van der Waals surface area (Å²) in [4.78, 5) is 8.73. The van der Waals surface area contributed by atoms with Crippen LogP contribution in [-0.4, -0.2) is 17.0 Å². The van der Waals surface area contributed by atoms with Crippen LogP contribution in [-0.2, 0) is 5.75 Å². The molecule has 0 fully saturated rings. The van der Waals surface area contributed by atoms with Gasteiger partial charge in [0.05, 0.1) is 5.69 Å². The Labute approximate surface area is 103 Å². The van der Waals surface area contributed by atoms with E-state index < -0.39 is 0 Å². The maximum atomic E-state index is 4.41. The third kappa shape index (κ3) is 2.96. The quantitative estimate of drug-likeness (QED) is 0.847. The van der Waals surface area contributed by atoms with Crippen LogP contribution in [0.25, 0.3) is 0 Å². The first-order chi connectivity index (χ1) is 7.78. The number of nitrogens with one attached hydrogen (secondary N) is 1. The lowest BCUT2D eigenvalue weighted by atomic mass is 10.3. The molecule has 2 heterocycles. The van der Waals surface area contributed by atoms with E-state index >= 15 is 0 Å². The van der Waals surface area contributed by atoms with Gasteiger partial charge in [-0.1, -0.05) is 11.8 Å². The second-order valence-electron chi connectivity index (χ2n) is 3.33. The van der Waals surface area contributed by atoms with E-state index in [0.29, 0.717) is 0 Å². The Morgan fingerprint density at radius 2 is 2.38 bits per heavy atom. The molecule has 0 saturated carbocycles. The number of thiazole rings is 1. The van der Waals surface area contributed by atoms with Crippen LogP contribution < -0.4 is 5.32 Å². The van der Waals surface area contributed by atoms with Crippen LogP contribution in [0.5, 0.6) is 0 Å². The van der Waals surface area contributed by atoms with Crippen molar-refractivity contribution in [2.24, 2.45) is 0 Å². The van der Waals surface area contributed by atoms with E-state index in [0.717, 1.165) is 27.2 Å².